The molecule has 0 radical (unpaired) electrons. The van der Waals surface area contributed by atoms with Crippen molar-refractivity contribution in [1.29, 1.82) is 0 Å². The number of nitrogens with one attached hydrogen (secondary N) is 1. The number of nitrogens with zero attached hydrogens (tertiary/aromatic N) is 3. The number of piperidine rings is 1. The molecule has 0 saturated carbocycles. The summed E-state index contributed by atoms with van der Waals surface area (Å²) in [6.45, 7) is 5.37. The maximum absolute atomic E-state index is 12.8. The van der Waals surface area contributed by atoms with Crippen molar-refractivity contribution in [3.05, 3.63) is 38.9 Å². The largest absolute Gasteiger partial charge is 0.484 e. The van der Waals surface area contributed by atoms with Crippen LogP contribution in [0.25, 0.3) is 0 Å². The van der Waals surface area contributed by atoms with Gasteiger partial charge in [0.1, 0.15) is 17.4 Å². The SMILES string of the molecule is CC(C)(C)OC(=O)N1C[C@@H](NC(=O)COc2ccc(Cl)c(Cl)c2)CC[C@@H]1c1nnc(Br)o1. The van der Waals surface area contributed by atoms with Crippen LogP contribution in [-0.2, 0) is 9.53 Å². The fourth-order valence-electron chi connectivity index (χ4n) is 3.20. The highest BCUT2D eigenvalue weighted by Gasteiger charge is 2.38. The zero-order valence-electron chi connectivity index (χ0n) is 17.7. The molecule has 0 unspecified atom stereocenters. The zero-order chi connectivity index (χ0) is 23.5. The normalized spacial score (nSPS) is 18.9. The van der Waals surface area contributed by atoms with Gasteiger partial charge in [0.25, 0.3) is 10.7 Å². The monoisotopic (exact) mass is 548 g/mol. The van der Waals surface area contributed by atoms with E-state index < -0.39 is 17.7 Å². The second-order valence-corrected chi connectivity index (χ2v) is 9.74. The number of ether oxygens (including phenoxy) is 2. The van der Waals surface area contributed by atoms with E-state index in [1.54, 1.807) is 32.9 Å². The average molecular weight is 550 g/mol. The number of benzene rings is 1. The van der Waals surface area contributed by atoms with Gasteiger partial charge in [-0.3, -0.25) is 9.69 Å². The third kappa shape index (κ3) is 6.73. The fourth-order valence-corrected chi connectivity index (χ4v) is 3.74. The van der Waals surface area contributed by atoms with E-state index in [2.05, 4.69) is 31.4 Å². The molecule has 0 spiro atoms. The van der Waals surface area contributed by atoms with Crippen LogP contribution in [-0.4, -0.2) is 51.9 Å². The molecule has 3 rings (SSSR count). The van der Waals surface area contributed by atoms with Crippen LogP contribution < -0.4 is 10.1 Å². The first-order chi connectivity index (χ1) is 15.0. The molecule has 9 nitrogen and oxygen atoms in total. The van der Waals surface area contributed by atoms with E-state index in [0.717, 1.165) is 0 Å². The molecule has 1 aliphatic heterocycles. The Balaban J connectivity index is 1.63. The molecule has 0 aliphatic carbocycles. The molecule has 1 aromatic heterocycles. The number of carbonyl (C=O) groups excluding carboxylic acids is 2. The highest BCUT2D eigenvalue weighted by Crippen LogP contribution is 2.32. The minimum atomic E-state index is -0.680. The summed E-state index contributed by atoms with van der Waals surface area (Å²) in [5, 5.41) is 11.4. The maximum atomic E-state index is 12.8. The Morgan fingerprint density at radius 1 is 1.25 bits per heavy atom. The zero-order valence-corrected chi connectivity index (χ0v) is 20.8. The Kier molecular flexibility index (Phi) is 7.89. The van der Waals surface area contributed by atoms with E-state index in [-0.39, 0.29) is 29.9 Å². The molecule has 1 saturated heterocycles. The number of rotatable bonds is 5. The Labute approximate surface area is 203 Å². The molecule has 2 heterocycles. The predicted octanol–water partition coefficient (Wildman–Crippen LogP) is 4.77. The molecular formula is C20H23BrCl2N4O5. The van der Waals surface area contributed by atoms with Crippen molar-refractivity contribution in [2.45, 2.75) is 51.3 Å². The summed E-state index contributed by atoms with van der Waals surface area (Å²) in [4.78, 5) is 27.0. The molecular weight excluding hydrogens is 527 g/mol. The van der Waals surface area contributed by atoms with Crippen molar-refractivity contribution in [2.24, 2.45) is 0 Å². The number of hydrogen-bond acceptors (Lipinski definition) is 7. The Bertz CT molecular complexity index is 981. The second-order valence-electron chi connectivity index (χ2n) is 8.25. The predicted molar refractivity (Wildman–Crippen MR) is 121 cm³/mol. The van der Waals surface area contributed by atoms with Gasteiger partial charge in [0.05, 0.1) is 10.0 Å². The van der Waals surface area contributed by atoms with Gasteiger partial charge in [0.2, 0.25) is 5.89 Å². The van der Waals surface area contributed by atoms with Gasteiger partial charge in [0, 0.05) is 34.6 Å². The first-order valence-electron chi connectivity index (χ1n) is 9.87. The topological polar surface area (TPSA) is 107 Å². The van der Waals surface area contributed by atoms with E-state index in [1.165, 1.54) is 11.0 Å². The van der Waals surface area contributed by atoms with E-state index in [0.29, 0.717) is 34.5 Å². The first-order valence-corrected chi connectivity index (χ1v) is 11.4. The lowest BCUT2D eigenvalue weighted by Gasteiger charge is -2.38. The van der Waals surface area contributed by atoms with Crippen molar-refractivity contribution in [3.8, 4) is 5.75 Å². The molecule has 2 amide bonds. The number of amides is 2. The molecule has 1 fully saturated rings. The smallest absolute Gasteiger partial charge is 0.411 e. The van der Waals surface area contributed by atoms with E-state index in [9.17, 15) is 9.59 Å². The number of likely N-dealkylation sites (tertiary alicyclic amines) is 1. The van der Waals surface area contributed by atoms with Gasteiger partial charge in [-0.25, -0.2) is 4.79 Å². The highest BCUT2D eigenvalue weighted by atomic mass is 79.9. The van der Waals surface area contributed by atoms with Gasteiger partial charge in [-0.1, -0.05) is 23.2 Å². The van der Waals surface area contributed by atoms with Gasteiger partial charge in [-0.2, -0.15) is 0 Å². The molecule has 32 heavy (non-hydrogen) atoms. The number of aromatic nitrogens is 2. The minimum Gasteiger partial charge on any atom is -0.484 e. The molecule has 12 heteroatoms. The van der Waals surface area contributed by atoms with Gasteiger partial charge in [-0.05, 0) is 45.7 Å². The highest BCUT2D eigenvalue weighted by molar-refractivity contribution is 9.10. The third-order valence-electron chi connectivity index (χ3n) is 4.54. The number of carbonyl (C=O) groups is 2. The maximum Gasteiger partial charge on any atom is 0.411 e. The lowest BCUT2D eigenvalue weighted by Crippen LogP contribution is -2.52. The molecule has 1 aliphatic rings. The fraction of sp³-hybridized carbons (Fsp3) is 0.500. The molecule has 2 atom stereocenters. The quantitative estimate of drug-likeness (QED) is 0.572. The standard InChI is InChI=1S/C20H23BrCl2N4O5/c1-20(2,3)32-19(29)27-9-11(4-7-15(27)17-25-26-18(21)31-17)24-16(28)10-30-12-5-6-13(22)14(23)8-12/h5-6,8,11,15H,4,7,9-10H2,1-3H3,(H,24,28)/t11-,15+/m0/s1. The molecule has 1 aromatic carbocycles. The van der Waals surface area contributed by atoms with Crippen LogP contribution in [0.5, 0.6) is 5.75 Å². The summed E-state index contributed by atoms with van der Waals surface area (Å²) in [5.41, 5.74) is -0.680. The average Bonchev–Trinajstić information content (AvgIpc) is 3.13. The molecule has 1 N–H and O–H groups in total. The van der Waals surface area contributed by atoms with Gasteiger partial charge in [0.15, 0.2) is 6.61 Å². The number of hydrogen-bond donors (Lipinski definition) is 1. The Hall–Kier alpha value is -2.04. The van der Waals surface area contributed by atoms with Crippen LogP contribution in [0.15, 0.2) is 27.4 Å². The number of halogens is 3. The third-order valence-corrected chi connectivity index (χ3v) is 5.60. The van der Waals surface area contributed by atoms with Crippen LogP contribution in [0.1, 0.15) is 45.5 Å². The van der Waals surface area contributed by atoms with Crippen molar-refractivity contribution in [3.63, 3.8) is 0 Å². The summed E-state index contributed by atoms with van der Waals surface area (Å²) in [6, 6.07) is 4.00. The lowest BCUT2D eigenvalue weighted by molar-refractivity contribution is -0.124. The molecule has 0 bridgehead atoms. The van der Waals surface area contributed by atoms with Crippen molar-refractivity contribution < 1.29 is 23.5 Å². The van der Waals surface area contributed by atoms with Crippen molar-refractivity contribution in [2.75, 3.05) is 13.2 Å². The summed E-state index contributed by atoms with van der Waals surface area (Å²) >= 11 is 15.0. The second kappa shape index (κ2) is 10.3. The Morgan fingerprint density at radius 3 is 2.62 bits per heavy atom. The Morgan fingerprint density at radius 2 is 2.00 bits per heavy atom. The van der Waals surface area contributed by atoms with E-state index in [1.807, 2.05) is 0 Å². The summed E-state index contributed by atoms with van der Waals surface area (Å²) in [6.07, 6.45) is 0.581. The van der Waals surface area contributed by atoms with Crippen molar-refractivity contribution >= 4 is 51.1 Å². The van der Waals surface area contributed by atoms with Gasteiger partial charge < -0.3 is 19.2 Å². The van der Waals surface area contributed by atoms with E-state index >= 15 is 0 Å². The molecule has 174 valence electrons. The van der Waals surface area contributed by atoms with Crippen molar-refractivity contribution in [1.82, 2.24) is 20.4 Å². The van der Waals surface area contributed by atoms with Gasteiger partial charge in [-0.15, -0.1) is 10.2 Å². The summed E-state index contributed by atoms with van der Waals surface area (Å²) < 4.78 is 16.5. The molecule has 2 aromatic rings. The minimum absolute atomic E-state index is 0.207. The van der Waals surface area contributed by atoms with Crippen LogP contribution in [0.4, 0.5) is 4.79 Å². The van der Waals surface area contributed by atoms with Crippen LogP contribution in [0.3, 0.4) is 0 Å². The lowest BCUT2D eigenvalue weighted by atomic mass is 9.98. The van der Waals surface area contributed by atoms with Crippen LogP contribution in [0.2, 0.25) is 10.0 Å². The first kappa shape index (κ1) is 24.6. The summed E-state index contributed by atoms with van der Waals surface area (Å²) in [7, 11) is 0. The van der Waals surface area contributed by atoms with E-state index in [4.69, 9.17) is 37.1 Å². The van der Waals surface area contributed by atoms with Crippen LogP contribution >= 0.6 is 39.1 Å². The summed E-state index contributed by atoms with van der Waals surface area (Å²) in [5.74, 6) is 0.398. The van der Waals surface area contributed by atoms with Gasteiger partial charge >= 0.3 is 6.09 Å². The van der Waals surface area contributed by atoms with Crippen LogP contribution in [0, 0.1) is 0 Å².